The minimum atomic E-state index is -3.99. The van der Waals surface area contributed by atoms with Gasteiger partial charge >= 0.3 is 0 Å². The van der Waals surface area contributed by atoms with Gasteiger partial charge in [-0.25, -0.2) is 12.8 Å². The highest BCUT2D eigenvalue weighted by atomic mass is 35.5. The van der Waals surface area contributed by atoms with Crippen molar-refractivity contribution < 1.29 is 17.6 Å². The third-order valence-electron chi connectivity index (χ3n) is 4.68. The monoisotopic (exact) mass is 446 g/mol. The van der Waals surface area contributed by atoms with Gasteiger partial charge in [-0.1, -0.05) is 36.7 Å². The molecule has 5 nitrogen and oxygen atoms in total. The van der Waals surface area contributed by atoms with E-state index in [1.54, 1.807) is 12.1 Å². The summed E-state index contributed by atoms with van der Waals surface area (Å²) in [4.78, 5) is 12.7. The number of carbonyl (C=O) groups is 1. The molecule has 0 spiro atoms. The van der Waals surface area contributed by atoms with Crippen LogP contribution < -0.4 is 9.62 Å². The topological polar surface area (TPSA) is 66.5 Å². The number of hydrogen-bond acceptors (Lipinski definition) is 3. The highest BCUT2D eigenvalue weighted by Crippen LogP contribution is 2.27. The van der Waals surface area contributed by atoms with Crippen LogP contribution in [-0.4, -0.2) is 21.4 Å². The lowest BCUT2D eigenvalue weighted by molar-refractivity contribution is 0.102. The number of aryl methyl sites for hydroxylation is 1. The predicted octanol–water partition coefficient (Wildman–Crippen LogP) is 5.12. The van der Waals surface area contributed by atoms with E-state index in [1.807, 2.05) is 19.1 Å². The van der Waals surface area contributed by atoms with Crippen molar-refractivity contribution in [1.29, 1.82) is 0 Å². The van der Waals surface area contributed by atoms with Crippen molar-refractivity contribution >= 4 is 38.9 Å². The van der Waals surface area contributed by atoms with Gasteiger partial charge < -0.3 is 5.32 Å². The molecule has 3 aromatic rings. The summed E-state index contributed by atoms with van der Waals surface area (Å²) in [7, 11) is -2.64. The quantitative estimate of drug-likeness (QED) is 0.571. The van der Waals surface area contributed by atoms with E-state index in [2.05, 4.69) is 5.32 Å². The molecule has 156 valence electrons. The average Bonchev–Trinajstić information content (AvgIpc) is 2.74. The first kappa shape index (κ1) is 21.8. The van der Waals surface area contributed by atoms with Crippen molar-refractivity contribution in [3.8, 4) is 0 Å². The number of nitrogens with zero attached hydrogens (tertiary/aromatic N) is 1. The lowest BCUT2D eigenvalue weighted by Gasteiger charge is -2.20. The normalized spacial score (nSPS) is 11.2. The van der Waals surface area contributed by atoms with Crippen LogP contribution in [0.1, 0.15) is 22.8 Å². The molecule has 30 heavy (non-hydrogen) atoms. The van der Waals surface area contributed by atoms with Crippen LogP contribution in [0.3, 0.4) is 0 Å². The SMILES string of the molecule is CCc1ccccc1NC(=O)c1cc(S(=O)(=O)N(C)c2ccc(F)cc2)ccc1Cl. The maximum absolute atomic E-state index is 13.2. The molecular formula is C22H20ClFN2O3S. The molecule has 0 fully saturated rings. The fourth-order valence-electron chi connectivity index (χ4n) is 2.93. The molecule has 0 radical (unpaired) electrons. The van der Waals surface area contributed by atoms with Crippen molar-refractivity contribution in [2.24, 2.45) is 0 Å². The summed E-state index contributed by atoms with van der Waals surface area (Å²) in [6.45, 7) is 1.97. The van der Waals surface area contributed by atoms with Crippen molar-refractivity contribution in [2.75, 3.05) is 16.7 Å². The Morgan fingerprint density at radius 1 is 1.07 bits per heavy atom. The molecule has 0 heterocycles. The van der Waals surface area contributed by atoms with Crippen LogP contribution in [0.4, 0.5) is 15.8 Å². The zero-order valence-corrected chi connectivity index (χ0v) is 18.0. The minimum absolute atomic E-state index is 0.0381. The number of rotatable bonds is 6. The van der Waals surface area contributed by atoms with E-state index in [-0.39, 0.29) is 21.2 Å². The van der Waals surface area contributed by atoms with Gasteiger partial charge in [-0.3, -0.25) is 9.10 Å². The maximum Gasteiger partial charge on any atom is 0.264 e. The van der Waals surface area contributed by atoms with Gasteiger partial charge in [0.05, 0.1) is 21.2 Å². The zero-order chi connectivity index (χ0) is 21.9. The number of benzene rings is 3. The van der Waals surface area contributed by atoms with E-state index in [0.29, 0.717) is 5.69 Å². The van der Waals surface area contributed by atoms with E-state index in [4.69, 9.17) is 11.6 Å². The summed E-state index contributed by atoms with van der Waals surface area (Å²) < 4.78 is 40.2. The predicted molar refractivity (Wildman–Crippen MR) is 117 cm³/mol. The van der Waals surface area contributed by atoms with Crippen LogP contribution in [-0.2, 0) is 16.4 Å². The lowest BCUT2D eigenvalue weighted by Crippen LogP contribution is -2.27. The van der Waals surface area contributed by atoms with Gasteiger partial charge in [0, 0.05) is 12.7 Å². The molecule has 0 aromatic heterocycles. The van der Waals surface area contributed by atoms with E-state index in [9.17, 15) is 17.6 Å². The van der Waals surface area contributed by atoms with E-state index >= 15 is 0 Å². The van der Waals surface area contributed by atoms with Crippen molar-refractivity contribution in [2.45, 2.75) is 18.2 Å². The molecule has 0 aliphatic rings. The van der Waals surface area contributed by atoms with Crippen molar-refractivity contribution in [3.63, 3.8) is 0 Å². The number of sulfonamides is 1. The van der Waals surface area contributed by atoms with Crippen molar-refractivity contribution in [3.05, 3.63) is 88.7 Å². The minimum Gasteiger partial charge on any atom is -0.322 e. The maximum atomic E-state index is 13.2. The Morgan fingerprint density at radius 3 is 2.40 bits per heavy atom. The van der Waals surface area contributed by atoms with E-state index in [0.717, 1.165) is 16.3 Å². The molecule has 8 heteroatoms. The number of para-hydroxylation sites is 1. The Bertz CT molecular complexity index is 1180. The molecule has 0 saturated heterocycles. The number of hydrogen-bond donors (Lipinski definition) is 1. The molecule has 3 rings (SSSR count). The third-order valence-corrected chi connectivity index (χ3v) is 6.79. The second-order valence-corrected chi connectivity index (χ2v) is 8.93. The van der Waals surface area contributed by atoms with E-state index in [1.165, 1.54) is 49.5 Å². The number of amides is 1. The first-order valence-electron chi connectivity index (χ1n) is 9.17. The first-order chi connectivity index (χ1) is 14.2. The number of halogens is 2. The smallest absolute Gasteiger partial charge is 0.264 e. The van der Waals surface area contributed by atoms with Crippen molar-refractivity contribution in [1.82, 2.24) is 0 Å². The molecule has 1 N–H and O–H groups in total. The largest absolute Gasteiger partial charge is 0.322 e. The molecule has 3 aromatic carbocycles. The van der Waals surface area contributed by atoms with Gasteiger partial charge in [-0.15, -0.1) is 0 Å². The molecule has 0 aliphatic heterocycles. The van der Waals surface area contributed by atoms with Crippen LogP contribution in [0, 0.1) is 5.82 Å². The lowest BCUT2D eigenvalue weighted by atomic mass is 10.1. The van der Waals surface area contributed by atoms with Gasteiger partial charge in [0.25, 0.3) is 15.9 Å². The Kier molecular flexibility index (Phi) is 6.43. The highest BCUT2D eigenvalue weighted by molar-refractivity contribution is 7.92. The summed E-state index contributed by atoms with van der Waals surface area (Å²) >= 11 is 6.18. The van der Waals surface area contributed by atoms with E-state index < -0.39 is 21.7 Å². The summed E-state index contributed by atoms with van der Waals surface area (Å²) in [6, 6.07) is 16.3. The second-order valence-electron chi connectivity index (χ2n) is 6.56. The van der Waals surface area contributed by atoms with Gasteiger partial charge in [0.15, 0.2) is 0 Å². The molecule has 1 amide bonds. The fourth-order valence-corrected chi connectivity index (χ4v) is 4.35. The number of nitrogens with one attached hydrogen (secondary N) is 1. The van der Waals surface area contributed by atoms with Crippen LogP contribution in [0.2, 0.25) is 5.02 Å². The summed E-state index contributed by atoms with van der Waals surface area (Å²) in [5.74, 6) is -0.982. The summed E-state index contributed by atoms with van der Waals surface area (Å²) in [5.41, 5.74) is 1.91. The van der Waals surface area contributed by atoms with Crippen LogP contribution in [0.5, 0.6) is 0 Å². The summed E-state index contributed by atoms with van der Waals surface area (Å²) in [5, 5.41) is 2.92. The van der Waals surface area contributed by atoms with Crippen LogP contribution in [0.15, 0.2) is 71.6 Å². The highest BCUT2D eigenvalue weighted by Gasteiger charge is 2.24. The van der Waals surface area contributed by atoms with Gasteiger partial charge in [-0.05, 0) is 60.5 Å². The summed E-state index contributed by atoms with van der Waals surface area (Å²) in [6.07, 6.45) is 0.723. The average molecular weight is 447 g/mol. The van der Waals surface area contributed by atoms with Gasteiger partial charge in [0.2, 0.25) is 0 Å². The molecule has 0 bridgehead atoms. The molecule has 0 aliphatic carbocycles. The Morgan fingerprint density at radius 2 is 1.73 bits per heavy atom. The second kappa shape index (κ2) is 8.85. The fraction of sp³-hybridized carbons (Fsp3) is 0.136. The number of anilines is 2. The zero-order valence-electron chi connectivity index (χ0n) is 16.4. The van der Waals surface area contributed by atoms with Gasteiger partial charge in [0.1, 0.15) is 5.82 Å². The molecule has 0 saturated carbocycles. The Labute approximate surface area is 180 Å². The van der Waals surface area contributed by atoms with Crippen LogP contribution in [0.25, 0.3) is 0 Å². The first-order valence-corrected chi connectivity index (χ1v) is 11.0. The Balaban J connectivity index is 1.94. The number of carbonyl (C=O) groups excluding carboxylic acids is 1. The molecule has 0 atom stereocenters. The van der Waals surface area contributed by atoms with Gasteiger partial charge in [-0.2, -0.15) is 0 Å². The molecule has 0 unspecified atom stereocenters. The van der Waals surface area contributed by atoms with Crippen LogP contribution >= 0.6 is 11.6 Å². The third kappa shape index (κ3) is 4.47. The Hall–Kier alpha value is -2.90. The standard InChI is InChI=1S/C22H20ClFN2O3S/c1-3-15-6-4-5-7-21(15)25-22(27)19-14-18(12-13-20(19)23)30(28,29)26(2)17-10-8-16(24)9-11-17/h4-14H,3H2,1-2H3,(H,25,27). The molecular weight excluding hydrogens is 427 g/mol.